The summed E-state index contributed by atoms with van der Waals surface area (Å²) in [7, 11) is 0. The van der Waals surface area contributed by atoms with E-state index in [4.69, 9.17) is 0 Å². The highest BCUT2D eigenvalue weighted by atomic mass is 16.2. The number of likely N-dealkylation sites (tertiary alicyclic amines) is 1. The van der Waals surface area contributed by atoms with Crippen molar-refractivity contribution in [3.8, 4) is 0 Å². The van der Waals surface area contributed by atoms with E-state index in [0.717, 1.165) is 64.2 Å². The Morgan fingerprint density at radius 3 is 2.27 bits per heavy atom. The monoisotopic (exact) mass is 679 g/mol. The summed E-state index contributed by atoms with van der Waals surface area (Å²) in [6.45, 7) is 7.85. The van der Waals surface area contributed by atoms with E-state index in [2.05, 4.69) is 31.2 Å². The molecule has 0 radical (unpaired) electrons. The average molecular weight is 680 g/mol. The van der Waals surface area contributed by atoms with Gasteiger partial charge >= 0.3 is 0 Å². The molecule has 6 atom stereocenters. The van der Waals surface area contributed by atoms with Crippen molar-refractivity contribution in [3.63, 3.8) is 0 Å². The minimum Gasteiger partial charge on any atom is -0.347 e. The van der Waals surface area contributed by atoms with Crippen LogP contribution in [0.25, 0.3) is 0 Å². The number of rotatable bonds is 13. The molecule has 0 unspecified atom stereocenters. The second kappa shape index (κ2) is 15.8. The first kappa shape index (κ1) is 36.4. The topological polar surface area (TPSA) is 180 Å². The lowest BCUT2D eigenvalue weighted by Gasteiger charge is -2.38. The maximum absolute atomic E-state index is 14.6. The van der Waals surface area contributed by atoms with Gasteiger partial charge in [-0.1, -0.05) is 59.8 Å². The molecule has 5 amide bonds. The number of carbonyl (C=O) groups is 6. The number of nitrogens with one attached hydrogen (secondary N) is 4. The Morgan fingerprint density at radius 2 is 1.63 bits per heavy atom. The summed E-state index contributed by atoms with van der Waals surface area (Å²) in [6, 6.07) is -3.68. The van der Waals surface area contributed by atoms with Crippen LogP contribution in [0.4, 0.5) is 0 Å². The molecule has 3 saturated carbocycles. The lowest BCUT2D eigenvalue weighted by molar-refractivity contribution is -0.146. The Labute approximate surface area is 288 Å². The Kier molecular flexibility index (Phi) is 11.7. The Hall–Kier alpha value is -3.90. The second-order valence-electron chi connectivity index (χ2n) is 15.5. The molecule has 4 N–H and O–H groups in total. The summed E-state index contributed by atoms with van der Waals surface area (Å²) in [5, 5.41) is 11.5. The van der Waals surface area contributed by atoms with Gasteiger partial charge in [0.05, 0.1) is 12.2 Å². The smallest absolute Gasteiger partial charge is 0.289 e. The summed E-state index contributed by atoms with van der Waals surface area (Å²) < 4.78 is 0. The Balaban J connectivity index is 1.36. The molecule has 0 aromatic carbocycles. The SMILES string of the molecule is CCC[C@@H](NC(=O)[C@@H]1[C@H]2CCC[C@H]2CN1C(=O)[C@H](NC(=O)[C@@H](NC(=O)c1cnccn1)C1CCCCC1)C(C)(C)C)C(=O)C(=O)NC1CC1. The molecule has 1 aromatic heterocycles. The van der Waals surface area contributed by atoms with Crippen molar-refractivity contribution in [2.75, 3.05) is 6.54 Å². The van der Waals surface area contributed by atoms with Crippen LogP contribution in [0.5, 0.6) is 0 Å². The quantitative estimate of drug-likeness (QED) is 0.230. The second-order valence-corrected chi connectivity index (χ2v) is 15.5. The standard InChI is InChI=1S/C36H53N7O6/c1-5-10-25(29(44)34(48)39-23-15-16-23)40-33(47)28-24-14-9-13-22(24)20-43(28)35(49)30(36(2,3)4)42-32(46)27(21-11-7-6-8-12-21)41-31(45)26-19-37-17-18-38-26/h17-19,21-25,27-28,30H,5-16,20H2,1-4H3,(H,39,48)(H,40,47)(H,41,45)(H,42,46)/t22-,24-,25+,27-,28-,30-/m0/s1. The fraction of sp³-hybridized carbons (Fsp3) is 0.722. The molecular weight excluding hydrogens is 626 g/mol. The van der Waals surface area contributed by atoms with Crippen molar-refractivity contribution >= 4 is 35.3 Å². The van der Waals surface area contributed by atoms with Gasteiger partial charge in [0.15, 0.2) is 0 Å². The molecule has 0 bridgehead atoms. The minimum absolute atomic E-state index is 0.0132. The first-order valence-electron chi connectivity index (χ1n) is 18.2. The number of Topliss-reactive ketones (excluding diaryl/α,β-unsaturated/α-hetero) is 1. The maximum Gasteiger partial charge on any atom is 0.289 e. The zero-order chi connectivity index (χ0) is 35.3. The fourth-order valence-corrected chi connectivity index (χ4v) is 7.87. The van der Waals surface area contributed by atoms with E-state index < -0.39 is 59.0 Å². The molecule has 13 heteroatoms. The average Bonchev–Trinajstić information content (AvgIpc) is 3.65. The highest BCUT2D eigenvalue weighted by Crippen LogP contribution is 2.43. The summed E-state index contributed by atoms with van der Waals surface area (Å²) in [4.78, 5) is 91.4. The predicted molar refractivity (Wildman–Crippen MR) is 181 cm³/mol. The Bertz CT molecular complexity index is 1390. The Morgan fingerprint density at radius 1 is 0.898 bits per heavy atom. The normalized spacial score (nSPS) is 24.2. The number of aromatic nitrogens is 2. The zero-order valence-corrected chi connectivity index (χ0v) is 29.3. The maximum atomic E-state index is 14.6. The van der Waals surface area contributed by atoms with Crippen molar-refractivity contribution in [2.45, 2.75) is 135 Å². The third kappa shape index (κ3) is 8.83. The first-order valence-corrected chi connectivity index (χ1v) is 18.2. The van der Waals surface area contributed by atoms with Gasteiger partial charge in [-0.05, 0) is 68.1 Å². The molecule has 0 spiro atoms. The van der Waals surface area contributed by atoms with Crippen molar-refractivity contribution in [3.05, 3.63) is 24.3 Å². The van der Waals surface area contributed by atoms with Crippen LogP contribution in [-0.4, -0.2) is 86.9 Å². The van der Waals surface area contributed by atoms with Crippen molar-refractivity contribution in [2.24, 2.45) is 23.2 Å². The van der Waals surface area contributed by atoms with Gasteiger partial charge in [-0.15, -0.1) is 0 Å². The predicted octanol–water partition coefficient (Wildman–Crippen LogP) is 2.45. The summed E-state index contributed by atoms with van der Waals surface area (Å²) in [5.41, 5.74) is -0.638. The van der Waals surface area contributed by atoms with E-state index in [9.17, 15) is 28.8 Å². The van der Waals surface area contributed by atoms with Gasteiger partial charge in [0.25, 0.3) is 11.8 Å². The number of nitrogens with zero attached hydrogens (tertiary/aromatic N) is 3. The van der Waals surface area contributed by atoms with Gasteiger partial charge in [0, 0.05) is 25.0 Å². The molecule has 1 saturated heterocycles. The summed E-state index contributed by atoms with van der Waals surface area (Å²) in [6.07, 6.45) is 13.9. The highest BCUT2D eigenvalue weighted by Gasteiger charge is 2.52. The molecule has 13 nitrogen and oxygen atoms in total. The van der Waals surface area contributed by atoms with Crippen LogP contribution in [-0.2, 0) is 24.0 Å². The molecular formula is C36H53N7O6. The largest absolute Gasteiger partial charge is 0.347 e. The van der Waals surface area contributed by atoms with Crippen LogP contribution in [0.3, 0.4) is 0 Å². The van der Waals surface area contributed by atoms with E-state index in [1.54, 1.807) is 4.90 Å². The minimum atomic E-state index is -0.994. The van der Waals surface area contributed by atoms with Gasteiger partial charge in [0.1, 0.15) is 23.8 Å². The third-order valence-corrected chi connectivity index (χ3v) is 10.7. The van der Waals surface area contributed by atoms with E-state index in [0.29, 0.717) is 19.4 Å². The summed E-state index contributed by atoms with van der Waals surface area (Å²) >= 11 is 0. The third-order valence-electron chi connectivity index (χ3n) is 10.7. The van der Waals surface area contributed by atoms with Gasteiger partial charge in [0.2, 0.25) is 23.5 Å². The van der Waals surface area contributed by atoms with Crippen LogP contribution in [0.15, 0.2) is 18.6 Å². The molecule has 3 aliphatic carbocycles. The molecule has 5 rings (SSSR count). The van der Waals surface area contributed by atoms with E-state index >= 15 is 0 Å². The van der Waals surface area contributed by atoms with Crippen molar-refractivity contribution in [1.29, 1.82) is 0 Å². The van der Waals surface area contributed by atoms with Crippen LogP contribution in [0.2, 0.25) is 0 Å². The number of ketones is 1. The molecule has 49 heavy (non-hydrogen) atoms. The van der Waals surface area contributed by atoms with Crippen LogP contribution < -0.4 is 21.3 Å². The van der Waals surface area contributed by atoms with E-state index in [-0.39, 0.29) is 35.4 Å². The van der Waals surface area contributed by atoms with Crippen molar-refractivity contribution < 1.29 is 28.8 Å². The molecule has 1 aliphatic heterocycles. The van der Waals surface area contributed by atoms with E-state index in [1.807, 2.05) is 27.7 Å². The molecule has 1 aromatic rings. The zero-order valence-electron chi connectivity index (χ0n) is 29.3. The van der Waals surface area contributed by atoms with Gasteiger partial charge in [-0.25, -0.2) is 4.98 Å². The molecule has 2 heterocycles. The molecule has 4 aliphatic rings. The van der Waals surface area contributed by atoms with Gasteiger partial charge in [-0.2, -0.15) is 0 Å². The number of carbonyl (C=O) groups excluding carboxylic acids is 6. The van der Waals surface area contributed by atoms with Crippen LogP contribution in [0.1, 0.15) is 115 Å². The number of amides is 5. The van der Waals surface area contributed by atoms with Crippen LogP contribution >= 0.6 is 0 Å². The number of fused-ring (bicyclic) bond motifs is 1. The fourth-order valence-electron chi connectivity index (χ4n) is 7.87. The van der Waals surface area contributed by atoms with E-state index in [1.165, 1.54) is 18.6 Å². The number of hydrogen-bond donors (Lipinski definition) is 4. The first-order chi connectivity index (χ1) is 23.4. The van der Waals surface area contributed by atoms with Crippen molar-refractivity contribution in [1.82, 2.24) is 36.1 Å². The number of hydrogen-bond acceptors (Lipinski definition) is 8. The molecule has 4 fully saturated rings. The van der Waals surface area contributed by atoms with Crippen LogP contribution in [0, 0.1) is 23.2 Å². The van der Waals surface area contributed by atoms with Gasteiger partial charge < -0.3 is 26.2 Å². The molecule has 268 valence electrons. The highest BCUT2D eigenvalue weighted by molar-refractivity contribution is 6.38. The van der Waals surface area contributed by atoms with Gasteiger partial charge in [-0.3, -0.25) is 33.8 Å². The lowest BCUT2D eigenvalue weighted by Crippen LogP contribution is -2.62. The summed E-state index contributed by atoms with van der Waals surface area (Å²) in [5.74, 6) is -3.20. The lowest BCUT2D eigenvalue weighted by atomic mass is 9.82.